The molecule has 2 aromatic rings. The van der Waals surface area contributed by atoms with Crippen molar-refractivity contribution in [2.45, 2.75) is 117 Å². The van der Waals surface area contributed by atoms with E-state index in [1.807, 2.05) is 0 Å². The fraction of sp³-hybridized carbons (Fsp3) is 0.488. The van der Waals surface area contributed by atoms with Crippen LogP contribution < -0.4 is 0 Å². The van der Waals surface area contributed by atoms with Crippen molar-refractivity contribution in [2.75, 3.05) is 0 Å². The van der Waals surface area contributed by atoms with E-state index in [1.54, 1.807) is 51.1 Å². The van der Waals surface area contributed by atoms with Crippen LogP contribution >= 0.6 is 0 Å². The molecule has 1 heterocycles. The van der Waals surface area contributed by atoms with Crippen molar-refractivity contribution in [3.8, 4) is 0 Å². The van der Waals surface area contributed by atoms with Gasteiger partial charge in [-0.15, -0.1) is 0 Å². The van der Waals surface area contributed by atoms with Crippen molar-refractivity contribution in [1.82, 2.24) is 4.98 Å². The molecule has 4 rings (SSSR count). The Labute approximate surface area is 342 Å². The molecule has 0 bridgehead atoms. The van der Waals surface area contributed by atoms with Gasteiger partial charge >= 0.3 is 41.8 Å². The number of carbonyl (C=O) groups is 7. The maximum Gasteiger partial charge on any atom is 0.340 e. The lowest BCUT2D eigenvalue weighted by Gasteiger charge is -2.46. The second kappa shape index (κ2) is 18.4. The zero-order valence-electron chi connectivity index (χ0n) is 34.5. The molecule has 0 saturated heterocycles. The fourth-order valence-electron chi connectivity index (χ4n) is 7.99. The summed E-state index contributed by atoms with van der Waals surface area (Å²) in [6.45, 7) is 15.8. The van der Waals surface area contributed by atoms with Crippen LogP contribution in [0.1, 0.15) is 89.5 Å². The van der Waals surface area contributed by atoms with Crippen LogP contribution in [0.2, 0.25) is 0 Å². The van der Waals surface area contributed by atoms with Gasteiger partial charge < -0.3 is 38.3 Å². The third kappa shape index (κ3) is 10.6. The maximum atomic E-state index is 13.9. The van der Waals surface area contributed by atoms with Crippen LogP contribution in [-0.2, 0) is 57.1 Å². The summed E-state index contributed by atoms with van der Waals surface area (Å²) in [6.07, 6.45) is -4.99. The molecule has 16 heteroatoms. The predicted molar refractivity (Wildman–Crippen MR) is 206 cm³/mol. The predicted octanol–water partition coefficient (Wildman–Crippen LogP) is 4.42. The van der Waals surface area contributed by atoms with E-state index in [9.17, 15) is 38.7 Å². The fourth-order valence-corrected chi connectivity index (χ4v) is 7.99. The number of ether oxygens (including phenoxy) is 7. The van der Waals surface area contributed by atoms with E-state index < -0.39 is 113 Å². The summed E-state index contributed by atoms with van der Waals surface area (Å²) in [4.78, 5) is 96.6. The van der Waals surface area contributed by atoms with E-state index >= 15 is 0 Å². The zero-order valence-corrected chi connectivity index (χ0v) is 34.5. The van der Waals surface area contributed by atoms with Gasteiger partial charge in [-0.25, -0.2) is 9.59 Å². The maximum absolute atomic E-state index is 13.9. The van der Waals surface area contributed by atoms with Crippen molar-refractivity contribution in [1.29, 1.82) is 0 Å². The molecule has 2 aliphatic carbocycles. The summed E-state index contributed by atoms with van der Waals surface area (Å²) < 4.78 is 41.7. The summed E-state index contributed by atoms with van der Waals surface area (Å²) in [5.41, 5.74) is -5.96. The number of pyridine rings is 1. The molecule has 318 valence electrons. The molecule has 16 nitrogen and oxygen atoms in total. The summed E-state index contributed by atoms with van der Waals surface area (Å²) in [6, 6.07) is 10.7. The van der Waals surface area contributed by atoms with E-state index in [2.05, 4.69) is 11.6 Å². The second-order valence-corrected chi connectivity index (χ2v) is 15.6. The number of nitrogens with zero attached hydrogens (tertiary/aromatic N) is 1. The highest BCUT2D eigenvalue weighted by molar-refractivity contribution is 5.90. The Balaban J connectivity index is 2.13. The van der Waals surface area contributed by atoms with E-state index in [0.717, 1.165) is 34.6 Å². The average molecular weight is 822 g/mol. The lowest BCUT2D eigenvalue weighted by molar-refractivity contribution is -0.195. The Morgan fingerprint density at radius 2 is 1.22 bits per heavy atom. The van der Waals surface area contributed by atoms with Gasteiger partial charge in [-0.3, -0.25) is 29.0 Å². The molecule has 0 spiro atoms. The number of esters is 7. The monoisotopic (exact) mass is 821 g/mol. The first-order chi connectivity index (χ1) is 27.5. The Morgan fingerprint density at radius 3 is 1.76 bits per heavy atom. The zero-order chi connectivity index (χ0) is 44.0. The minimum atomic E-state index is -2.42. The van der Waals surface area contributed by atoms with Gasteiger partial charge in [0.25, 0.3) is 0 Å². The molecule has 1 fully saturated rings. The average Bonchev–Trinajstić information content (AvgIpc) is 3.36. The number of benzene rings is 1. The highest BCUT2D eigenvalue weighted by Crippen LogP contribution is 2.54. The van der Waals surface area contributed by atoms with Gasteiger partial charge in [0.15, 0.2) is 24.4 Å². The Bertz CT molecular complexity index is 1960. The van der Waals surface area contributed by atoms with Gasteiger partial charge in [0, 0.05) is 70.3 Å². The highest BCUT2D eigenvalue weighted by Gasteiger charge is 2.70. The number of hydrogen-bond donors (Lipinski definition) is 1. The molecular formula is C43H51NO15. The van der Waals surface area contributed by atoms with E-state index in [1.165, 1.54) is 43.6 Å². The van der Waals surface area contributed by atoms with Crippen LogP contribution in [0.4, 0.5) is 0 Å². The largest absolute Gasteiger partial charge is 0.459 e. The van der Waals surface area contributed by atoms with Gasteiger partial charge in [-0.05, 0) is 31.2 Å². The molecule has 10 atom stereocenters. The molecule has 1 aromatic carbocycles. The second-order valence-electron chi connectivity index (χ2n) is 15.6. The Kier molecular flexibility index (Phi) is 14.2. The van der Waals surface area contributed by atoms with E-state index in [4.69, 9.17) is 33.2 Å². The molecule has 0 amide bonds. The number of fused-ring (bicyclic) bond motifs is 1. The van der Waals surface area contributed by atoms with Gasteiger partial charge in [0.1, 0.15) is 23.4 Å². The summed E-state index contributed by atoms with van der Waals surface area (Å²) in [5.74, 6) is -9.04. The molecular weight excluding hydrogens is 770 g/mol. The summed E-state index contributed by atoms with van der Waals surface area (Å²) in [5, 5.41) is 13.3. The number of aromatic nitrogens is 1. The van der Waals surface area contributed by atoms with Crippen molar-refractivity contribution in [3.63, 3.8) is 0 Å². The van der Waals surface area contributed by atoms with Gasteiger partial charge in [-0.2, -0.15) is 0 Å². The molecule has 2 aliphatic rings. The lowest BCUT2D eigenvalue weighted by atomic mass is 9.71. The first kappa shape index (κ1) is 45.8. The van der Waals surface area contributed by atoms with Crippen molar-refractivity contribution in [3.05, 3.63) is 90.3 Å². The summed E-state index contributed by atoms with van der Waals surface area (Å²) in [7, 11) is 0. The molecule has 1 N–H and O–H groups in total. The van der Waals surface area contributed by atoms with Crippen LogP contribution in [0.25, 0.3) is 0 Å². The van der Waals surface area contributed by atoms with E-state index in [0.29, 0.717) is 0 Å². The quantitative estimate of drug-likeness (QED) is 0.210. The van der Waals surface area contributed by atoms with Gasteiger partial charge in [0.2, 0.25) is 0 Å². The number of hydrogen-bond acceptors (Lipinski definition) is 16. The topological polar surface area (TPSA) is 217 Å². The lowest BCUT2D eigenvalue weighted by Crippen LogP contribution is -2.60. The molecule has 0 unspecified atom stereocenters. The normalized spacial score (nSPS) is 30.2. The van der Waals surface area contributed by atoms with Crippen LogP contribution in [0.15, 0.2) is 79.2 Å². The van der Waals surface area contributed by atoms with Gasteiger partial charge in [-0.1, -0.05) is 57.7 Å². The first-order valence-electron chi connectivity index (χ1n) is 18.9. The smallest absolute Gasteiger partial charge is 0.340 e. The van der Waals surface area contributed by atoms with E-state index in [-0.39, 0.29) is 16.7 Å². The van der Waals surface area contributed by atoms with Crippen molar-refractivity contribution < 1.29 is 71.8 Å². The SMILES string of the molecule is C=C1[C@H](OC(C)=O)[C@@H](OC(C)=O)[C@@H](OC(=O)c2cccnc2)C(C)(C)C=C[C@H](C)[C@H](OC(C)=O)[C@@]2(O)C[C@@](C)(OC(C)=O)[C@H](OC(=O)c3ccccc3)[C@@H]2[C@H]1OC(C)=O. The Morgan fingerprint density at radius 1 is 0.678 bits per heavy atom. The summed E-state index contributed by atoms with van der Waals surface area (Å²) >= 11 is 0. The molecule has 1 aromatic heterocycles. The van der Waals surface area contributed by atoms with Crippen molar-refractivity contribution in [2.24, 2.45) is 17.3 Å². The Hall–Kier alpha value is -5.90. The molecule has 59 heavy (non-hydrogen) atoms. The molecule has 0 radical (unpaired) electrons. The molecule has 0 aliphatic heterocycles. The van der Waals surface area contributed by atoms with Crippen LogP contribution in [0.5, 0.6) is 0 Å². The third-order valence-electron chi connectivity index (χ3n) is 10.3. The number of rotatable bonds is 9. The number of carbonyl (C=O) groups excluding carboxylic acids is 7. The molecule has 1 saturated carbocycles. The standard InChI is InChI=1S/C43H51NO15/c1-23-18-19-41(8,9)38(58-40(51)31-17-14-20-44-21-31)35(55-27(5)47)34(54-26(4)46)24(2)33(53-25(3)45)32-37(57-39(50)30-15-12-11-13-16-30)42(10,59-29(7)49)22-43(32,52)36(23)56-28(6)48/h11-21,23,32-38,52H,2,22H2,1,3-10H3/t23-,32-,33-,34-,35+,36-,37+,38+,42+,43+/m0/s1. The minimum absolute atomic E-state index is 0.0211. The third-order valence-corrected chi connectivity index (χ3v) is 10.3. The highest BCUT2D eigenvalue weighted by atomic mass is 16.6. The van der Waals surface area contributed by atoms with Crippen LogP contribution in [0.3, 0.4) is 0 Å². The van der Waals surface area contributed by atoms with Gasteiger partial charge in [0.05, 0.1) is 17.0 Å². The van der Waals surface area contributed by atoms with Crippen LogP contribution in [-0.4, -0.2) is 99.7 Å². The number of aliphatic hydroxyl groups is 1. The minimum Gasteiger partial charge on any atom is -0.459 e. The van der Waals surface area contributed by atoms with Crippen molar-refractivity contribution >= 4 is 41.8 Å². The van der Waals surface area contributed by atoms with Crippen LogP contribution in [0, 0.1) is 17.3 Å². The first-order valence-corrected chi connectivity index (χ1v) is 18.9.